The van der Waals surface area contributed by atoms with E-state index in [9.17, 15) is 0 Å². The van der Waals surface area contributed by atoms with Gasteiger partial charge in [-0.1, -0.05) is 0 Å². The van der Waals surface area contributed by atoms with E-state index >= 15 is 0 Å². The van der Waals surface area contributed by atoms with Crippen LogP contribution in [0.25, 0.3) is 0 Å². The number of unbranched alkanes of at least 4 members (excludes halogenated alkanes) is 2. The quantitative estimate of drug-likeness (QED) is 0.518. The van der Waals surface area contributed by atoms with Crippen LogP contribution in [0.2, 0.25) is 0 Å². The van der Waals surface area contributed by atoms with Crippen LogP contribution in [0.3, 0.4) is 0 Å². The second-order valence-corrected chi connectivity index (χ2v) is 4.70. The predicted molar refractivity (Wildman–Crippen MR) is 46.6 cm³/mol. The van der Waals surface area contributed by atoms with Gasteiger partial charge in [0.15, 0.2) is 0 Å². The van der Waals surface area contributed by atoms with Crippen molar-refractivity contribution in [2.75, 3.05) is 0 Å². The molecule has 0 radical (unpaired) electrons. The van der Waals surface area contributed by atoms with Crippen LogP contribution in [0.1, 0.15) is 30.6 Å². The first kappa shape index (κ1) is 8.10. The average molecular weight is 201 g/mol. The molecule has 0 amide bonds. The van der Waals surface area contributed by atoms with E-state index in [2.05, 4.69) is 24.0 Å². The van der Waals surface area contributed by atoms with Gasteiger partial charge in [0.05, 0.1) is 0 Å². The summed E-state index contributed by atoms with van der Waals surface area (Å²) < 4.78 is 1.68. The maximum absolute atomic E-state index is 2.30. The molecule has 0 aliphatic carbocycles. The first-order valence-electron chi connectivity index (χ1n) is 3.96. The Hall–Kier alpha value is -0.000519. The van der Waals surface area contributed by atoms with Gasteiger partial charge in [0, 0.05) is 0 Å². The van der Waals surface area contributed by atoms with Crippen molar-refractivity contribution < 1.29 is 0 Å². The predicted octanol–water partition coefficient (Wildman–Crippen LogP) is 2.48. The third kappa shape index (κ3) is 2.72. The average Bonchev–Trinajstić information content (AvgIpc) is 2.41. The van der Waals surface area contributed by atoms with E-state index < -0.39 is 0 Å². The van der Waals surface area contributed by atoms with E-state index in [0.29, 0.717) is 14.5 Å². The molecule has 0 spiro atoms. The Balaban J connectivity index is 2.15. The van der Waals surface area contributed by atoms with Crippen molar-refractivity contribution in [1.29, 1.82) is 0 Å². The second-order valence-electron chi connectivity index (χ2n) is 2.54. The standard InChI is InChI=1S/C9H14Se/c1-2-3-4-6-9-7-5-8-10-9/h5,7-8H,2-4,6H2,1H3. The van der Waals surface area contributed by atoms with Gasteiger partial charge >= 0.3 is 68.6 Å². The molecule has 0 aliphatic rings. The van der Waals surface area contributed by atoms with E-state index in [1.54, 1.807) is 4.44 Å². The molecule has 0 atom stereocenters. The summed E-state index contributed by atoms with van der Waals surface area (Å²) in [6.45, 7) is 2.26. The Morgan fingerprint density at radius 1 is 1.40 bits per heavy atom. The first-order valence-corrected chi connectivity index (χ1v) is 5.80. The molecule has 1 aromatic heterocycles. The summed E-state index contributed by atoms with van der Waals surface area (Å²) in [4.78, 5) is 2.30. The van der Waals surface area contributed by atoms with Crippen molar-refractivity contribution >= 4 is 14.5 Å². The summed E-state index contributed by atoms with van der Waals surface area (Å²) in [5.41, 5.74) is 0. The molecule has 56 valence electrons. The molecule has 1 heteroatoms. The fourth-order valence-corrected chi connectivity index (χ4v) is 2.58. The van der Waals surface area contributed by atoms with Crippen LogP contribution in [0.4, 0.5) is 0 Å². The van der Waals surface area contributed by atoms with E-state index in [4.69, 9.17) is 0 Å². The van der Waals surface area contributed by atoms with Crippen LogP contribution in [0, 0.1) is 0 Å². The molecule has 10 heavy (non-hydrogen) atoms. The Kier molecular flexibility index (Phi) is 3.86. The van der Waals surface area contributed by atoms with Crippen LogP contribution >= 0.6 is 0 Å². The summed E-state index contributed by atoms with van der Waals surface area (Å²) in [6, 6.07) is 4.48. The zero-order valence-electron chi connectivity index (χ0n) is 6.47. The van der Waals surface area contributed by atoms with E-state index in [1.165, 1.54) is 25.7 Å². The zero-order valence-corrected chi connectivity index (χ0v) is 8.18. The summed E-state index contributed by atoms with van der Waals surface area (Å²) in [5.74, 6) is 0. The molecule has 0 bridgehead atoms. The molecule has 0 N–H and O–H groups in total. The molecule has 1 heterocycles. The van der Waals surface area contributed by atoms with Gasteiger partial charge in [0.2, 0.25) is 0 Å². The SMILES string of the molecule is CCCCCc1ccc[se]1. The first-order chi connectivity index (χ1) is 4.93. The Morgan fingerprint density at radius 2 is 2.30 bits per heavy atom. The molecule has 1 aromatic rings. The van der Waals surface area contributed by atoms with Crippen molar-refractivity contribution in [3.8, 4) is 0 Å². The topological polar surface area (TPSA) is 0 Å². The third-order valence-corrected chi connectivity index (χ3v) is 3.57. The second kappa shape index (κ2) is 4.76. The summed E-state index contributed by atoms with van der Waals surface area (Å²) in [5, 5.41) is 0. The van der Waals surface area contributed by atoms with E-state index in [0.717, 1.165) is 0 Å². The van der Waals surface area contributed by atoms with E-state index in [1.807, 2.05) is 0 Å². The molecule has 0 saturated carbocycles. The van der Waals surface area contributed by atoms with Gasteiger partial charge in [-0.3, -0.25) is 0 Å². The molecule has 0 fully saturated rings. The molecule has 0 aliphatic heterocycles. The van der Waals surface area contributed by atoms with E-state index in [-0.39, 0.29) is 0 Å². The number of hydrogen-bond acceptors (Lipinski definition) is 0. The minimum atomic E-state index is 0.716. The van der Waals surface area contributed by atoms with Crippen LogP contribution < -0.4 is 0 Å². The van der Waals surface area contributed by atoms with Crippen molar-refractivity contribution in [2.45, 2.75) is 32.6 Å². The molecular weight excluding hydrogens is 187 g/mol. The number of hydrogen-bond donors (Lipinski definition) is 0. The Bertz CT molecular complexity index is 153. The van der Waals surface area contributed by atoms with Crippen molar-refractivity contribution in [1.82, 2.24) is 0 Å². The monoisotopic (exact) mass is 202 g/mol. The third-order valence-electron chi connectivity index (χ3n) is 1.61. The molecule has 0 nitrogen and oxygen atoms in total. The fourth-order valence-electron chi connectivity index (χ4n) is 1.00. The van der Waals surface area contributed by atoms with Crippen LogP contribution in [0.5, 0.6) is 0 Å². The van der Waals surface area contributed by atoms with Crippen molar-refractivity contribution in [2.24, 2.45) is 0 Å². The number of rotatable bonds is 4. The van der Waals surface area contributed by atoms with Gasteiger partial charge in [-0.05, 0) is 0 Å². The van der Waals surface area contributed by atoms with Crippen molar-refractivity contribution in [3.63, 3.8) is 0 Å². The summed E-state index contributed by atoms with van der Waals surface area (Å²) in [7, 11) is 0. The molecule has 0 aromatic carbocycles. The minimum absolute atomic E-state index is 0.716. The Labute approximate surface area is 69.0 Å². The zero-order chi connectivity index (χ0) is 7.23. The summed E-state index contributed by atoms with van der Waals surface area (Å²) >= 11 is 0.716. The van der Waals surface area contributed by atoms with Crippen LogP contribution in [-0.2, 0) is 6.42 Å². The van der Waals surface area contributed by atoms with Crippen LogP contribution in [0.15, 0.2) is 17.1 Å². The molecule has 0 unspecified atom stereocenters. The van der Waals surface area contributed by atoms with Gasteiger partial charge in [-0.15, -0.1) is 0 Å². The summed E-state index contributed by atoms with van der Waals surface area (Å²) in [6.07, 6.45) is 5.48. The number of aryl methyl sites for hydroxylation is 1. The molecular formula is C9H14Se. The fraction of sp³-hybridized carbons (Fsp3) is 0.556. The van der Waals surface area contributed by atoms with Crippen molar-refractivity contribution in [3.05, 3.63) is 21.5 Å². The van der Waals surface area contributed by atoms with Crippen LogP contribution in [-0.4, -0.2) is 14.5 Å². The normalized spacial score (nSPS) is 10.1. The van der Waals surface area contributed by atoms with Gasteiger partial charge in [-0.2, -0.15) is 0 Å². The van der Waals surface area contributed by atoms with Gasteiger partial charge in [0.25, 0.3) is 0 Å². The van der Waals surface area contributed by atoms with Gasteiger partial charge < -0.3 is 0 Å². The van der Waals surface area contributed by atoms with Gasteiger partial charge in [0.1, 0.15) is 0 Å². The Morgan fingerprint density at radius 3 is 2.90 bits per heavy atom. The maximum atomic E-state index is 2.30. The van der Waals surface area contributed by atoms with Gasteiger partial charge in [-0.25, -0.2) is 0 Å². The molecule has 0 saturated heterocycles. The molecule has 1 rings (SSSR count).